The Bertz CT molecular complexity index is 1070. The third-order valence-corrected chi connectivity index (χ3v) is 6.12. The number of fused-ring (bicyclic) bond motifs is 1. The topological polar surface area (TPSA) is 61.4 Å². The molecule has 1 N–H and O–H groups in total. The van der Waals surface area contributed by atoms with Crippen molar-refractivity contribution in [2.24, 2.45) is 0 Å². The molecule has 0 saturated carbocycles. The predicted molar refractivity (Wildman–Crippen MR) is 128 cm³/mol. The fourth-order valence-corrected chi connectivity index (χ4v) is 4.43. The summed E-state index contributed by atoms with van der Waals surface area (Å²) in [6, 6.07) is 20.2. The van der Waals surface area contributed by atoms with Crippen molar-refractivity contribution in [2.45, 2.75) is 38.3 Å². The molecule has 0 bridgehead atoms. The molecule has 6 heteroatoms. The lowest BCUT2D eigenvalue weighted by Gasteiger charge is -2.33. The van der Waals surface area contributed by atoms with E-state index in [1.54, 1.807) is 0 Å². The van der Waals surface area contributed by atoms with Crippen LogP contribution >= 0.6 is 0 Å². The number of carbonyl (C=O) groups excluding carboxylic acids is 1. The second-order valence-electron chi connectivity index (χ2n) is 9.16. The third kappa shape index (κ3) is 4.65. The smallest absolute Gasteiger partial charge is 0.227 e. The van der Waals surface area contributed by atoms with Crippen LogP contribution < -0.4 is 5.32 Å². The van der Waals surface area contributed by atoms with Gasteiger partial charge in [0, 0.05) is 36.3 Å². The summed E-state index contributed by atoms with van der Waals surface area (Å²) in [5.74, 6) is 0.829. The van der Waals surface area contributed by atoms with E-state index in [0.717, 1.165) is 23.5 Å². The van der Waals surface area contributed by atoms with Gasteiger partial charge in [0.15, 0.2) is 0 Å². The molecule has 0 radical (unpaired) electrons. The van der Waals surface area contributed by atoms with Crippen molar-refractivity contribution in [3.05, 3.63) is 83.7 Å². The quantitative estimate of drug-likeness (QED) is 0.598. The standard InChI is InChI=1S/C26H31N5O/c1-26(2)22-16-27-25(28-21-13-9-6-10-14-21)29-23(22)18-31(26)24(32)15-20(17-30(3)4)19-11-7-5-8-12-19/h5-14,16,20H,15,17-18H2,1-4H3,(H,27,28,29)/t20-/m1/s1. The average molecular weight is 430 g/mol. The molecule has 6 nitrogen and oxygen atoms in total. The van der Waals surface area contributed by atoms with Crippen molar-refractivity contribution in [2.75, 3.05) is 26.0 Å². The van der Waals surface area contributed by atoms with Crippen LogP contribution in [0.4, 0.5) is 11.6 Å². The van der Waals surface area contributed by atoms with E-state index in [4.69, 9.17) is 4.98 Å². The van der Waals surface area contributed by atoms with Crippen LogP contribution in [0.3, 0.4) is 0 Å². The van der Waals surface area contributed by atoms with Gasteiger partial charge in [-0.25, -0.2) is 9.97 Å². The van der Waals surface area contributed by atoms with Crippen LogP contribution in [0.1, 0.15) is 43.0 Å². The maximum Gasteiger partial charge on any atom is 0.227 e. The van der Waals surface area contributed by atoms with Crippen molar-refractivity contribution in [1.29, 1.82) is 0 Å². The summed E-state index contributed by atoms with van der Waals surface area (Å²) in [4.78, 5) is 26.9. The summed E-state index contributed by atoms with van der Waals surface area (Å²) >= 11 is 0. The molecule has 3 aromatic rings. The SMILES string of the molecule is CN(C)C[C@@H](CC(=O)N1Cc2nc(Nc3ccccc3)ncc2C1(C)C)c1ccccc1. The van der Waals surface area contributed by atoms with Crippen LogP contribution in [0.15, 0.2) is 66.9 Å². The molecule has 0 spiro atoms. The van der Waals surface area contributed by atoms with Gasteiger partial charge < -0.3 is 15.1 Å². The Balaban J connectivity index is 1.53. The van der Waals surface area contributed by atoms with Gasteiger partial charge in [-0.2, -0.15) is 0 Å². The fourth-order valence-electron chi connectivity index (χ4n) is 4.43. The number of aromatic nitrogens is 2. The largest absolute Gasteiger partial charge is 0.327 e. The van der Waals surface area contributed by atoms with Crippen molar-refractivity contribution < 1.29 is 4.79 Å². The van der Waals surface area contributed by atoms with E-state index in [2.05, 4.69) is 41.2 Å². The van der Waals surface area contributed by atoms with E-state index in [1.807, 2.05) is 73.7 Å². The van der Waals surface area contributed by atoms with Gasteiger partial charge in [-0.05, 0) is 45.6 Å². The number of nitrogens with zero attached hydrogens (tertiary/aromatic N) is 4. The molecule has 4 rings (SSSR count). The molecule has 166 valence electrons. The number of para-hydroxylation sites is 1. The minimum atomic E-state index is -0.447. The summed E-state index contributed by atoms with van der Waals surface area (Å²) in [6.45, 7) is 5.47. The first-order valence-electron chi connectivity index (χ1n) is 11.0. The number of hydrogen-bond donors (Lipinski definition) is 1. The van der Waals surface area contributed by atoms with E-state index < -0.39 is 5.54 Å². The van der Waals surface area contributed by atoms with Gasteiger partial charge in [-0.1, -0.05) is 48.5 Å². The second kappa shape index (κ2) is 9.09. The highest BCUT2D eigenvalue weighted by Crippen LogP contribution is 2.39. The molecule has 0 saturated heterocycles. The van der Waals surface area contributed by atoms with Gasteiger partial charge in [-0.15, -0.1) is 0 Å². The molecule has 1 amide bonds. The van der Waals surface area contributed by atoms with Crippen molar-refractivity contribution in [3.8, 4) is 0 Å². The number of anilines is 2. The lowest BCUT2D eigenvalue weighted by molar-refractivity contribution is -0.137. The summed E-state index contributed by atoms with van der Waals surface area (Å²) in [6.07, 6.45) is 2.32. The Morgan fingerprint density at radius 2 is 1.75 bits per heavy atom. The predicted octanol–water partition coefficient (Wildman–Crippen LogP) is 4.53. The molecule has 1 aromatic heterocycles. The highest BCUT2D eigenvalue weighted by atomic mass is 16.2. The van der Waals surface area contributed by atoms with Crippen LogP contribution in [0.25, 0.3) is 0 Å². The summed E-state index contributed by atoms with van der Waals surface area (Å²) < 4.78 is 0. The molecule has 1 aliphatic heterocycles. The van der Waals surface area contributed by atoms with E-state index in [1.165, 1.54) is 5.56 Å². The first-order chi connectivity index (χ1) is 15.3. The number of amides is 1. The Morgan fingerprint density at radius 3 is 2.41 bits per heavy atom. The molecule has 1 aliphatic rings. The Kier molecular flexibility index (Phi) is 6.24. The molecule has 2 aromatic carbocycles. The van der Waals surface area contributed by atoms with Gasteiger partial charge in [0.1, 0.15) is 0 Å². The zero-order valence-electron chi connectivity index (χ0n) is 19.2. The zero-order chi connectivity index (χ0) is 22.7. The van der Waals surface area contributed by atoms with Gasteiger partial charge in [-0.3, -0.25) is 4.79 Å². The number of likely N-dealkylation sites (N-methyl/N-ethyl adjacent to an activating group) is 1. The number of rotatable bonds is 7. The highest BCUT2D eigenvalue weighted by Gasteiger charge is 2.42. The second-order valence-corrected chi connectivity index (χ2v) is 9.16. The first kappa shape index (κ1) is 22.0. The summed E-state index contributed by atoms with van der Waals surface area (Å²) in [5.41, 5.74) is 3.59. The molecular formula is C26H31N5O. The first-order valence-corrected chi connectivity index (χ1v) is 11.0. The summed E-state index contributed by atoms with van der Waals surface area (Å²) in [7, 11) is 4.10. The van der Waals surface area contributed by atoms with Crippen LogP contribution in [0.2, 0.25) is 0 Å². The molecular weight excluding hydrogens is 398 g/mol. The Morgan fingerprint density at radius 1 is 1.09 bits per heavy atom. The van der Waals surface area contributed by atoms with Crippen LogP contribution in [0, 0.1) is 0 Å². The van der Waals surface area contributed by atoms with Gasteiger partial charge in [0.05, 0.1) is 17.8 Å². The third-order valence-electron chi connectivity index (χ3n) is 6.12. The van der Waals surface area contributed by atoms with Gasteiger partial charge in [0.2, 0.25) is 11.9 Å². The highest BCUT2D eigenvalue weighted by molar-refractivity contribution is 5.79. The van der Waals surface area contributed by atoms with Crippen LogP contribution in [0.5, 0.6) is 0 Å². The molecule has 1 atom stereocenters. The monoisotopic (exact) mass is 429 g/mol. The van der Waals surface area contributed by atoms with E-state index in [9.17, 15) is 4.79 Å². The molecule has 0 aliphatic carbocycles. The van der Waals surface area contributed by atoms with E-state index >= 15 is 0 Å². The van der Waals surface area contributed by atoms with Crippen molar-refractivity contribution >= 4 is 17.5 Å². The molecule has 0 fully saturated rings. The van der Waals surface area contributed by atoms with Crippen LogP contribution in [-0.4, -0.2) is 46.3 Å². The summed E-state index contributed by atoms with van der Waals surface area (Å²) in [5, 5.41) is 3.25. The number of hydrogen-bond acceptors (Lipinski definition) is 5. The number of nitrogens with one attached hydrogen (secondary N) is 1. The lowest BCUT2D eigenvalue weighted by Crippen LogP contribution is -2.41. The van der Waals surface area contributed by atoms with Crippen molar-refractivity contribution in [1.82, 2.24) is 19.8 Å². The minimum Gasteiger partial charge on any atom is -0.327 e. The van der Waals surface area contributed by atoms with Gasteiger partial charge >= 0.3 is 0 Å². The Hall–Kier alpha value is -3.25. The van der Waals surface area contributed by atoms with E-state index in [0.29, 0.717) is 18.9 Å². The average Bonchev–Trinajstić information content (AvgIpc) is 3.04. The normalized spacial score (nSPS) is 15.5. The number of benzene rings is 2. The zero-order valence-corrected chi connectivity index (χ0v) is 19.2. The van der Waals surface area contributed by atoms with Crippen LogP contribution in [-0.2, 0) is 16.9 Å². The molecule has 0 unspecified atom stereocenters. The molecule has 32 heavy (non-hydrogen) atoms. The number of carbonyl (C=O) groups is 1. The van der Waals surface area contributed by atoms with E-state index in [-0.39, 0.29) is 11.8 Å². The minimum absolute atomic E-state index is 0.139. The Labute approximate surface area is 190 Å². The van der Waals surface area contributed by atoms with Gasteiger partial charge in [0.25, 0.3) is 0 Å². The molecule has 2 heterocycles. The maximum absolute atomic E-state index is 13.5. The maximum atomic E-state index is 13.5. The van der Waals surface area contributed by atoms with Crippen molar-refractivity contribution in [3.63, 3.8) is 0 Å². The fraction of sp³-hybridized carbons (Fsp3) is 0.346. The lowest BCUT2D eigenvalue weighted by atomic mass is 9.92.